The number of carbonyl (C=O) groups is 2. The van der Waals surface area contributed by atoms with Crippen LogP contribution in [0.2, 0.25) is 0 Å². The molecular formula is C29H37F3O4. The second-order valence-electron chi connectivity index (χ2n) is 10.6. The highest BCUT2D eigenvalue weighted by atomic mass is 19.2. The molecular weight excluding hydrogens is 469 g/mol. The molecule has 4 rings (SSSR count). The summed E-state index contributed by atoms with van der Waals surface area (Å²) in [5.41, 5.74) is 1.34. The van der Waals surface area contributed by atoms with Gasteiger partial charge in [-0.1, -0.05) is 12.2 Å². The molecule has 0 spiro atoms. The lowest BCUT2D eigenvalue weighted by Gasteiger charge is -2.32. The van der Waals surface area contributed by atoms with Crippen LogP contribution in [-0.4, -0.2) is 31.6 Å². The van der Waals surface area contributed by atoms with Gasteiger partial charge in [-0.15, -0.1) is 0 Å². The van der Waals surface area contributed by atoms with E-state index in [1.807, 2.05) is 6.92 Å². The van der Waals surface area contributed by atoms with Crippen LogP contribution in [0.3, 0.4) is 0 Å². The largest absolute Gasteiger partial charge is 0.454 e. The number of hydrogen-bond donors (Lipinski definition) is 0. The SMILES string of the molecule is CCOCC1CC=C(C2CCC(C(=O)OC3CC=C(C4CCC(C=O)CC4)C(F)=C3F)CC2)C=C1F. The summed E-state index contributed by atoms with van der Waals surface area (Å²) in [6, 6.07) is 0. The lowest BCUT2D eigenvalue weighted by atomic mass is 9.76. The van der Waals surface area contributed by atoms with Crippen LogP contribution >= 0.6 is 0 Å². The van der Waals surface area contributed by atoms with Gasteiger partial charge < -0.3 is 14.3 Å². The Hall–Kier alpha value is -2.15. The summed E-state index contributed by atoms with van der Waals surface area (Å²) < 4.78 is 55.0. The molecule has 4 nitrogen and oxygen atoms in total. The second kappa shape index (κ2) is 12.4. The van der Waals surface area contributed by atoms with Gasteiger partial charge >= 0.3 is 5.97 Å². The molecule has 2 unspecified atom stereocenters. The molecule has 4 aliphatic carbocycles. The summed E-state index contributed by atoms with van der Waals surface area (Å²) in [5.74, 6) is -3.01. The molecule has 2 atom stereocenters. The van der Waals surface area contributed by atoms with Crippen molar-refractivity contribution in [3.05, 3.63) is 46.9 Å². The van der Waals surface area contributed by atoms with Gasteiger partial charge in [0.2, 0.25) is 0 Å². The Kier molecular flexibility index (Phi) is 9.26. The van der Waals surface area contributed by atoms with Crippen LogP contribution < -0.4 is 0 Å². The first-order valence-corrected chi connectivity index (χ1v) is 13.5. The molecule has 0 N–H and O–H groups in total. The highest BCUT2D eigenvalue weighted by molar-refractivity contribution is 5.73. The van der Waals surface area contributed by atoms with E-state index in [2.05, 4.69) is 6.08 Å². The lowest BCUT2D eigenvalue weighted by Crippen LogP contribution is -2.30. The predicted octanol–water partition coefficient (Wildman–Crippen LogP) is 7.03. The van der Waals surface area contributed by atoms with Gasteiger partial charge in [0.15, 0.2) is 17.8 Å². The molecule has 0 saturated heterocycles. The number of esters is 1. The number of rotatable bonds is 8. The zero-order valence-electron chi connectivity index (χ0n) is 21.0. The maximum absolute atomic E-state index is 14.9. The van der Waals surface area contributed by atoms with Crippen molar-refractivity contribution in [1.29, 1.82) is 0 Å². The van der Waals surface area contributed by atoms with E-state index in [0.29, 0.717) is 63.7 Å². The number of aldehydes is 1. The van der Waals surface area contributed by atoms with Gasteiger partial charge in [-0.05, 0) is 93.8 Å². The van der Waals surface area contributed by atoms with Crippen molar-refractivity contribution in [2.24, 2.45) is 29.6 Å². The molecule has 0 aromatic heterocycles. The fraction of sp³-hybridized carbons (Fsp3) is 0.655. The first-order valence-electron chi connectivity index (χ1n) is 13.5. The van der Waals surface area contributed by atoms with Gasteiger partial charge in [0.1, 0.15) is 12.1 Å². The van der Waals surface area contributed by atoms with Crippen LogP contribution in [-0.2, 0) is 19.1 Å². The van der Waals surface area contributed by atoms with Crippen LogP contribution in [0.4, 0.5) is 13.2 Å². The minimum Gasteiger partial charge on any atom is -0.454 e. The summed E-state index contributed by atoms with van der Waals surface area (Å²) in [6.07, 6.45) is 11.2. The minimum absolute atomic E-state index is 0.00730. The summed E-state index contributed by atoms with van der Waals surface area (Å²) in [7, 11) is 0. The van der Waals surface area contributed by atoms with Crippen LogP contribution in [0.1, 0.15) is 71.1 Å². The maximum atomic E-state index is 14.9. The fourth-order valence-electron chi connectivity index (χ4n) is 6.04. The van der Waals surface area contributed by atoms with Gasteiger partial charge in [0.25, 0.3) is 0 Å². The van der Waals surface area contributed by atoms with Crippen molar-refractivity contribution in [2.75, 3.05) is 13.2 Å². The molecule has 0 bridgehead atoms. The first kappa shape index (κ1) is 26.9. The highest BCUT2D eigenvalue weighted by Crippen LogP contribution is 2.42. The first-order chi connectivity index (χ1) is 17.4. The van der Waals surface area contributed by atoms with Gasteiger partial charge in [-0.25, -0.2) is 13.2 Å². The number of halogens is 3. The van der Waals surface area contributed by atoms with E-state index in [1.54, 1.807) is 12.2 Å². The quantitative estimate of drug-likeness (QED) is 0.262. The summed E-state index contributed by atoms with van der Waals surface area (Å²) in [5, 5.41) is 0. The van der Waals surface area contributed by atoms with E-state index in [9.17, 15) is 22.8 Å². The zero-order chi connectivity index (χ0) is 25.7. The van der Waals surface area contributed by atoms with E-state index >= 15 is 0 Å². The van der Waals surface area contributed by atoms with Crippen molar-refractivity contribution in [2.45, 2.75) is 77.2 Å². The normalized spacial score (nSPS) is 33.4. The Bertz CT molecular complexity index is 934. The number of allylic oxidation sites excluding steroid dienone is 5. The van der Waals surface area contributed by atoms with Crippen molar-refractivity contribution in [3.8, 4) is 0 Å². The fourth-order valence-corrected chi connectivity index (χ4v) is 6.04. The van der Waals surface area contributed by atoms with E-state index in [1.165, 1.54) is 0 Å². The van der Waals surface area contributed by atoms with E-state index in [0.717, 1.165) is 24.7 Å². The lowest BCUT2D eigenvalue weighted by molar-refractivity contribution is -0.154. The Balaban J connectivity index is 1.26. The minimum atomic E-state index is -1.22. The topological polar surface area (TPSA) is 52.6 Å². The number of carbonyl (C=O) groups excluding carboxylic acids is 2. The molecule has 0 radical (unpaired) electrons. The van der Waals surface area contributed by atoms with Crippen molar-refractivity contribution < 1.29 is 32.2 Å². The van der Waals surface area contributed by atoms with Crippen LogP contribution in [0.15, 0.2) is 46.9 Å². The zero-order valence-corrected chi connectivity index (χ0v) is 21.0. The van der Waals surface area contributed by atoms with Gasteiger partial charge in [0.05, 0.1) is 12.5 Å². The summed E-state index contributed by atoms with van der Waals surface area (Å²) in [4.78, 5) is 23.7. The highest BCUT2D eigenvalue weighted by Gasteiger charge is 2.36. The molecule has 36 heavy (non-hydrogen) atoms. The molecule has 198 valence electrons. The Morgan fingerprint density at radius 2 is 1.67 bits per heavy atom. The third-order valence-corrected chi connectivity index (χ3v) is 8.35. The maximum Gasteiger partial charge on any atom is 0.309 e. The monoisotopic (exact) mass is 506 g/mol. The Morgan fingerprint density at radius 3 is 2.31 bits per heavy atom. The Morgan fingerprint density at radius 1 is 0.972 bits per heavy atom. The third kappa shape index (κ3) is 6.21. The molecule has 0 amide bonds. The molecule has 0 heterocycles. The summed E-state index contributed by atoms with van der Waals surface area (Å²) >= 11 is 0. The molecule has 0 aromatic carbocycles. The van der Waals surface area contributed by atoms with Gasteiger partial charge in [-0.3, -0.25) is 4.79 Å². The van der Waals surface area contributed by atoms with E-state index in [4.69, 9.17) is 9.47 Å². The molecule has 4 aliphatic rings. The summed E-state index contributed by atoms with van der Waals surface area (Å²) in [6.45, 7) is 2.84. The van der Waals surface area contributed by atoms with Crippen LogP contribution in [0, 0.1) is 29.6 Å². The van der Waals surface area contributed by atoms with Crippen molar-refractivity contribution >= 4 is 12.3 Å². The third-order valence-electron chi connectivity index (χ3n) is 8.35. The standard InChI is InChI=1S/C29H37F3O4/c1-2-35-17-23-12-11-22(15-25(23)30)19-7-9-21(10-8-19)29(34)36-26-14-13-24(27(31)28(26)32)20-5-3-18(16-33)4-6-20/h11,13,15-16,18-21,23,26H,2-10,12,14,17H2,1H3. The smallest absolute Gasteiger partial charge is 0.309 e. The van der Waals surface area contributed by atoms with E-state index < -0.39 is 23.7 Å². The van der Waals surface area contributed by atoms with Crippen LogP contribution in [0.25, 0.3) is 0 Å². The molecule has 2 fully saturated rings. The average Bonchev–Trinajstić information content (AvgIpc) is 2.91. The second-order valence-corrected chi connectivity index (χ2v) is 10.6. The van der Waals surface area contributed by atoms with Gasteiger partial charge in [0, 0.05) is 24.9 Å². The molecule has 0 aromatic rings. The Labute approximate surface area is 211 Å². The molecule has 7 heteroatoms. The molecule has 0 aliphatic heterocycles. The van der Waals surface area contributed by atoms with Crippen molar-refractivity contribution in [3.63, 3.8) is 0 Å². The molecule has 2 saturated carbocycles. The van der Waals surface area contributed by atoms with Gasteiger partial charge in [-0.2, -0.15) is 0 Å². The number of ether oxygens (including phenoxy) is 2. The van der Waals surface area contributed by atoms with Crippen molar-refractivity contribution in [1.82, 2.24) is 0 Å². The predicted molar refractivity (Wildman–Crippen MR) is 131 cm³/mol. The average molecular weight is 507 g/mol. The van der Waals surface area contributed by atoms with Crippen LogP contribution in [0.5, 0.6) is 0 Å². The van der Waals surface area contributed by atoms with E-state index in [-0.39, 0.29) is 41.8 Å². The number of hydrogen-bond acceptors (Lipinski definition) is 4.